The molecule has 1 N–H and O–H groups in total. The summed E-state index contributed by atoms with van der Waals surface area (Å²) in [5, 5.41) is 3.00. The normalized spacial score (nSPS) is 11.5. The standard InChI is InChI=1S/C25H25NO6S2/c1-4-31-25(29)21-16(3)22(17-11-7-6-8-12-17)33-23(21)26-20(27)15-32-24(28)18-13-9-10-14-19(18)34(30)5-2/h6-14H,4-5,15H2,1-3H3,(H,26,27). The van der Waals surface area contributed by atoms with Crippen molar-refractivity contribution in [2.45, 2.75) is 25.7 Å². The molecule has 0 saturated carbocycles. The van der Waals surface area contributed by atoms with Crippen LogP contribution in [0.1, 0.15) is 40.1 Å². The number of hydrogen-bond donors (Lipinski definition) is 1. The Morgan fingerprint density at radius 2 is 1.62 bits per heavy atom. The first kappa shape index (κ1) is 25.3. The Hall–Kier alpha value is -3.30. The van der Waals surface area contributed by atoms with Crippen LogP contribution in [-0.2, 0) is 25.1 Å². The highest BCUT2D eigenvalue weighted by Gasteiger charge is 2.25. The minimum atomic E-state index is -1.35. The van der Waals surface area contributed by atoms with Crippen molar-refractivity contribution < 1.29 is 28.1 Å². The predicted octanol–water partition coefficient (Wildman–Crippen LogP) is 4.82. The molecule has 9 heteroatoms. The van der Waals surface area contributed by atoms with Crippen molar-refractivity contribution in [2.24, 2.45) is 0 Å². The summed E-state index contributed by atoms with van der Waals surface area (Å²) in [6.07, 6.45) is 0. The van der Waals surface area contributed by atoms with E-state index in [4.69, 9.17) is 9.47 Å². The molecule has 0 saturated heterocycles. The molecule has 34 heavy (non-hydrogen) atoms. The summed E-state index contributed by atoms with van der Waals surface area (Å²) >= 11 is 1.25. The number of nitrogens with one attached hydrogen (secondary N) is 1. The fraction of sp³-hybridized carbons (Fsp3) is 0.240. The third kappa shape index (κ3) is 5.78. The Balaban J connectivity index is 1.79. The van der Waals surface area contributed by atoms with Crippen LogP contribution in [0.3, 0.4) is 0 Å². The smallest absolute Gasteiger partial charge is 0.341 e. The topological polar surface area (TPSA) is 98.8 Å². The number of rotatable bonds is 9. The number of benzene rings is 2. The molecule has 0 radical (unpaired) electrons. The van der Waals surface area contributed by atoms with E-state index in [0.29, 0.717) is 21.2 Å². The minimum Gasteiger partial charge on any atom is -0.462 e. The van der Waals surface area contributed by atoms with Gasteiger partial charge in [0, 0.05) is 10.6 Å². The van der Waals surface area contributed by atoms with Crippen LogP contribution in [0.5, 0.6) is 0 Å². The van der Waals surface area contributed by atoms with E-state index in [1.807, 2.05) is 30.3 Å². The lowest BCUT2D eigenvalue weighted by molar-refractivity contribution is -0.119. The van der Waals surface area contributed by atoms with E-state index in [-0.39, 0.29) is 17.7 Å². The van der Waals surface area contributed by atoms with E-state index < -0.39 is 35.3 Å². The monoisotopic (exact) mass is 499 g/mol. The first-order chi connectivity index (χ1) is 16.4. The quantitative estimate of drug-likeness (QED) is 0.424. The summed E-state index contributed by atoms with van der Waals surface area (Å²) < 4.78 is 22.6. The van der Waals surface area contributed by atoms with Gasteiger partial charge in [-0.05, 0) is 37.1 Å². The number of ether oxygens (including phenoxy) is 2. The van der Waals surface area contributed by atoms with Gasteiger partial charge in [-0.1, -0.05) is 49.4 Å². The molecule has 0 aliphatic carbocycles. The van der Waals surface area contributed by atoms with Gasteiger partial charge in [-0.2, -0.15) is 0 Å². The van der Waals surface area contributed by atoms with Gasteiger partial charge in [0.1, 0.15) is 5.00 Å². The highest BCUT2D eigenvalue weighted by atomic mass is 32.2. The summed E-state index contributed by atoms with van der Waals surface area (Å²) in [5.74, 6) is -1.54. The molecular formula is C25H25NO6S2. The molecule has 0 aliphatic heterocycles. The maximum absolute atomic E-state index is 12.6. The van der Waals surface area contributed by atoms with E-state index in [1.54, 1.807) is 39.0 Å². The van der Waals surface area contributed by atoms with Crippen LogP contribution in [0, 0.1) is 6.92 Å². The fourth-order valence-electron chi connectivity index (χ4n) is 3.28. The molecule has 1 heterocycles. The minimum absolute atomic E-state index is 0.154. The van der Waals surface area contributed by atoms with Gasteiger partial charge in [0.15, 0.2) is 6.61 Å². The molecule has 0 spiro atoms. The molecule has 1 unspecified atom stereocenters. The maximum Gasteiger partial charge on any atom is 0.341 e. The van der Waals surface area contributed by atoms with E-state index in [1.165, 1.54) is 17.4 Å². The fourth-order valence-corrected chi connectivity index (χ4v) is 5.43. The van der Waals surface area contributed by atoms with Gasteiger partial charge in [-0.25, -0.2) is 9.59 Å². The SMILES string of the molecule is CCOC(=O)c1c(NC(=O)COC(=O)c2ccccc2S(=O)CC)sc(-c2ccccc2)c1C. The molecule has 0 bridgehead atoms. The van der Waals surface area contributed by atoms with Crippen molar-refractivity contribution in [2.75, 3.05) is 24.3 Å². The number of hydrogen-bond acceptors (Lipinski definition) is 7. The number of anilines is 1. The summed E-state index contributed by atoms with van der Waals surface area (Å²) in [6.45, 7) is 4.88. The van der Waals surface area contributed by atoms with Crippen molar-refractivity contribution in [3.63, 3.8) is 0 Å². The lowest BCUT2D eigenvalue weighted by atomic mass is 10.1. The summed E-state index contributed by atoms with van der Waals surface area (Å²) in [4.78, 5) is 39.0. The molecule has 2 aromatic carbocycles. The number of carbonyl (C=O) groups excluding carboxylic acids is 3. The van der Waals surface area contributed by atoms with Crippen LogP contribution >= 0.6 is 11.3 Å². The second-order valence-corrected chi connectivity index (χ2v) is 9.83. The molecule has 0 aliphatic rings. The molecule has 1 atom stereocenters. The Morgan fingerprint density at radius 3 is 2.29 bits per heavy atom. The van der Waals surface area contributed by atoms with Crippen molar-refractivity contribution in [3.8, 4) is 10.4 Å². The molecule has 3 rings (SSSR count). The van der Waals surface area contributed by atoms with Crippen LogP contribution in [0.15, 0.2) is 59.5 Å². The largest absolute Gasteiger partial charge is 0.462 e. The van der Waals surface area contributed by atoms with Crippen LogP contribution in [0.2, 0.25) is 0 Å². The van der Waals surface area contributed by atoms with E-state index >= 15 is 0 Å². The van der Waals surface area contributed by atoms with E-state index in [9.17, 15) is 18.6 Å². The van der Waals surface area contributed by atoms with Crippen molar-refractivity contribution in [1.82, 2.24) is 0 Å². The summed E-state index contributed by atoms with van der Waals surface area (Å²) in [5.41, 5.74) is 2.02. The number of thiophene rings is 1. The lowest BCUT2D eigenvalue weighted by Gasteiger charge is -2.09. The average molecular weight is 500 g/mol. The molecule has 1 amide bonds. The molecular weight excluding hydrogens is 474 g/mol. The van der Waals surface area contributed by atoms with Gasteiger partial charge in [-0.3, -0.25) is 9.00 Å². The number of carbonyl (C=O) groups is 3. The Labute approximate surface area is 204 Å². The number of esters is 2. The van der Waals surface area contributed by atoms with Crippen molar-refractivity contribution in [3.05, 3.63) is 71.3 Å². The number of amides is 1. The van der Waals surface area contributed by atoms with E-state index in [2.05, 4.69) is 5.32 Å². The first-order valence-electron chi connectivity index (χ1n) is 10.7. The zero-order chi connectivity index (χ0) is 24.7. The van der Waals surface area contributed by atoms with Crippen molar-refractivity contribution in [1.29, 1.82) is 0 Å². The Bertz CT molecular complexity index is 1220. The second-order valence-electron chi connectivity index (χ2n) is 7.10. The van der Waals surface area contributed by atoms with Gasteiger partial charge >= 0.3 is 11.9 Å². The zero-order valence-corrected chi connectivity index (χ0v) is 20.7. The Morgan fingerprint density at radius 1 is 0.941 bits per heavy atom. The zero-order valence-electron chi connectivity index (χ0n) is 19.1. The van der Waals surface area contributed by atoms with E-state index in [0.717, 1.165) is 10.4 Å². The van der Waals surface area contributed by atoms with Crippen LogP contribution in [0.4, 0.5) is 5.00 Å². The lowest BCUT2D eigenvalue weighted by Crippen LogP contribution is -2.22. The van der Waals surface area contributed by atoms with Gasteiger partial charge in [0.05, 0.1) is 33.4 Å². The van der Waals surface area contributed by atoms with Gasteiger partial charge < -0.3 is 14.8 Å². The second kappa shape index (κ2) is 11.7. The molecule has 3 aromatic rings. The molecule has 0 fully saturated rings. The molecule has 178 valence electrons. The van der Waals surface area contributed by atoms with Crippen LogP contribution < -0.4 is 5.32 Å². The highest BCUT2D eigenvalue weighted by Crippen LogP contribution is 2.40. The maximum atomic E-state index is 12.6. The van der Waals surface area contributed by atoms with Gasteiger partial charge in [-0.15, -0.1) is 11.3 Å². The molecule has 1 aromatic heterocycles. The molecule has 7 nitrogen and oxygen atoms in total. The van der Waals surface area contributed by atoms with Crippen LogP contribution in [-0.4, -0.2) is 41.0 Å². The summed E-state index contributed by atoms with van der Waals surface area (Å²) in [6, 6.07) is 15.9. The van der Waals surface area contributed by atoms with Gasteiger partial charge in [0.25, 0.3) is 5.91 Å². The van der Waals surface area contributed by atoms with Gasteiger partial charge in [0.2, 0.25) is 0 Å². The average Bonchev–Trinajstić information content (AvgIpc) is 3.18. The summed E-state index contributed by atoms with van der Waals surface area (Å²) in [7, 11) is -1.35. The van der Waals surface area contributed by atoms with Crippen LogP contribution in [0.25, 0.3) is 10.4 Å². The first-order valence-corrected chi connectivity index (χ1v) is 12.8. The Kier molecular flexibility index (Phi) is 8.72. The highest BCUT2D eigenvalue weighted by molar-refractivity contribution is 7.85. The predicted molar refractivity (Wildman–Crippen MR) is 133 cm³/mol. The van der Waals surface area contributed by atoms with Crippen molar-refractivity contribution >= 4 is 45.0 Å². The third-order valence-electron chi connectivity index (χ3n) is 4.86. The third-order valence-corrected chi connectivity index (χ3v) is 7.49.